The van der Waals surface area contributed by atoms with Crippen LogP contribution in [0.5, 0.6) is 0 Å². The monoisotopic (exact) mass is 438 g/mol. The normalized spacial score (nSPS) is 26.0. The van der Waals surface area contributed by atoms with Crippen molar-refractivity contribution in [3.63, 3.8) is 0 Å². The molecule has 5 rings (SSSR count). The maximum Gasteiger partial charge on any atom is 0.225 e. The van der Waals surface area contributed by atoms with E-state index in [0.29, 0.717) is 18.1 Å². The van der Waals surface area contributed by atoms with Crippen molar-refractivity contribution < 1.29 is 9.63 Å². The predicted octanol–water partition coefficient (Wildman–Crippen LogP) is 4.14. The predicted molar refractivity (Wildman–Crippen MR) is 121 cm³/mol. The number of rotatable bonds is 3. The molecule has 6 nitrogen and oxygen atoms in total. The first kappa shape index (κ1) is 20.3. The van der Waals surface area contributed by atoms with Crippen LogP contribution in [0.3, 0.4) is 0 Å². The van der Waals surface area contributed by atoms with Gasteiger partial charge in [-0.15, -0.1) is 0 Å². The van der Waals surface area contributed by atoms with Gasteiger partial charge in [0.05, 0.1) is 10.7 Å². The van der Waals surface area contributed by atoms with Gasteiger partial charge in [0.25, 0.3) is 0 Å². The molecule has 31 heavy (non-hydrogen) atoms. The van der Waals surface area contributed by atoms with Gasteiger partial charge in [0.15, 0.2) is 0 Å². The number of amides is 1. The third-order valence-electron chi connectivity index (χ3n) is 6.82. The summed E-state index contributed by atoms with van der Waals surface area (Å²) in [4.78, 5) is 27.7. The second-order valence-corrected chi connectivity index (χ2v) is 9.16. The summed E-state index contributed by atoms with van der Waals surface area (Å²) < 4.78 is 0. The molecule has 3 heterocycles. The Bertz CT molecular complexity index is 965. The fourth-order valence-corrected chi connectivity index (χ4v) is 5.21. The lowest BCUT2D eigenvalue weighted by Gasteiger charge is -2.40. The number of benzene rings is 1. The lowest BCUT2D eigenvalue weighted by molar-refractivity contribution is -0.139. The number of hydrogen-bond acceptors (Lipinski definition) is 5. The minimum atomic E-state index is -0.226. The molecule has 1 aromatic heterocycles. The fourth-order valence-electron chi connectivity index (χ4n) is 4.97. The molecule has 0 atom stereocenters. The number of piperazine rings is 1. The molecule has 1 spiro atoms. The minimum absolute atomic E-state index is 0.0833. The van der Waals surface area contributed by atoms with Crippen molar-refractivity contribution in [3.05, 3.63) is 59.2 Å². The van der Waals surface area contributed by atoms with Crippen LogP contribution in [-0.2, 0) is 9.63 Å². The van der Waals surface area contributed by atoms with E-state index >= 15 is 0 Å². The van der Waals surface area contributed by atoms with E-state index in [1.165, 1.54) is 0 Å². The largest absolute Gasteiger partial charge is 0.389 e. The zero-order chi connectivity index (χ0) is 21.3. The van der Waals surface area contributed by atoms with Crippen molar-refractivity contribution in [2.75, 3.05) is 31.1 Å². The molecule has 1 saturated heterocycles. The van der Waals surface area contributed by atoms with Crippen LogP contribution >= 0.6 is 11.6 Å². The molecule has 0 N–H and O–H groups in total. The Morgan fingerprint density at radius 1 is 1.03 bits per heavy atom. The van der Waals surface area contributed by atoms with E-state index in [0.717, 1.165) is 62.3 Å². The van der Waals surface area contributed by atoms with Gasteiger partial charge in [-0.3, -0.25) is 4.79 Å². The van der Waals surface area contributed by atoms with Crippen molar-refractivity contribution >= 4 is 29.0 Å². The topological polar surface area (TPSA) is 58.0 Å². The number of oxime groups is 1. The lowest BCUT2D eigenvalue weighted by Crippen LogP contribution is -2.51. The number of pyridine rings is 1. The van der Waals surface area contributed by atoms with Crippen LogP contribution in [0.1, 0.15) is 37.7 Å². The van der Waals surface area contributed by atoms with E-state index in [1.807, 2.05) is 35.2 Å². The average Bonchev–Trinajstić information content (AvgIpc) is 3.24. The van der Waals surface area contributed by atoms with Gasteiger partial charge >= 0.3 is 0 Å². The van der Waals surface area contributed by atoms with Gasteiger partial charge in [0, 0.05) is 44.7 Å². The summed E-state index contributed by atoms with van der Waals surface area (Å²) in [5.41, 5.74) is 1.93. The molecule has 7 heteroatoms. The highest BCUT2D eigenvalue weighted by Gasteiger charge is 2.44. The number of nitrogens with zero attached hydrogens (tertiary/aromatic N) is 4. The summed E-state index contributed by atoms with van der Waals surface area (Å²) in [6.45, 7) is 2.95. The number of aromatic nitrogens is 1. The summed E-state index contributed by atoms with van der Waals surface area (Å²) in [5.74, 6) is 1.17. The van der Waals surface area contributed by atoms with Gasteiger partial charge in [-0.05, 0) is 43.4 Å². The Morgan fingerprint density at radius 3 is 2.48 bits per heavy atom. The number of hydrogen-bond donors (Lipinski definition) is 0. The molecular weight excluding hydrogens is 412 g/mol. The highest BCUT2D eigenvalue weighted by Crippen LogP contribution is 2.42. The molecule has 0 bridgehead atoms. The van der Waals surface area contributed by atoms with Crippen molar-refractivity contribution in [1.82, 2.24) is 9.88 Å². The van der Waals surface area contributed by atoms with Crippen molar-refractivity contribution in [1.29, 1.82) is 0 Å². The zero-order valence-electron chi connectivity index (χ0n) is 17.5. The van der Waals surface area contributed by atoms with E-state index in [4.69, 9.17) is 16.4 Å². The molecule has 0 radical (unpaired) electrons. The summed E-state index contributed by atoms with van der Waals surface area (Å²) in [5, 5.41) is 5.05. The Labute approximate surface area is 187 Å². The van der Waals surface area contributed by atoms with Crippen LogP contribution in [0.2, 0.25) is 5.02 Å². The first-order valence-corrected chi connectivity index (χ1v) is 11.5. The van der Waals surface area contributed by atoms with Crippen LogP contribution in [0.25, 0.3) is 0 Å². The second kappa shape index (κ2) is 8.50. The van der Waals surface area contributed by atoms with Gasteiger partial charge in [0.1, 0.15) is 11.4 Å². The first-order chi connectivity index (χ1) is 15.1. The van der Waals surface area contributed by atoms with E-state index in [9.17, 15) is 4.79 Å². The van der Waals surface area contributed by atoms with E-state index < -0.39 is 0 Å². The van der Waals surface area contributed by atoms with Crippen LogP contribution in [0.15, 0.2) is 53.8 Å². The SMILES string of the molecule is O=C([C@H]1CC[C@@]2(CC1)CC(c1ccccc1)=NO2)N1CCN(c2ncccc2Cl)CC1. The highest BCUT2D eigenvalue weighted by atomic mass is 35.5. The van der Waals surface area contributed by atoms with Crippen LogP contribution in [0.4, 0.5) is 5.82 Å². The van der Waals surface area contributed by atoms with Crippen LogP contribution in [0, 0.1) is 5.92 Å². The van der Waals surface area contributed by atoms with E-state index in [2.05, 4.69) is 27.2 Å². The summed E-state index contributed by atoms with van der Waals surface area (Å²) >= 11 is 6.28. The summed E-state index contributed by atoms with van der Waals surface area (Å²) in [6.07, 6.45) is 6.08. The first-order valence-electron chi connectivity index (χ1n) is 11.1. The number of carbonyl (C=O) groups excluding carboxylic acids is 1. The average molecular weight is 439 g/mol. The lowest BCUT2D eigenvalue weighted by atomic mass is 9.75. The van der Waals surface area contributed by atoms with Gasteiger partial charge in [-0.1, -0.05) is 47.1 Å². The van der Waals surface area contributed by atoms with Gasteiger partial charge < -0.3 is 14.6 Å². The molecule has 2 aliphatic heterocycles. The summed E-state index contributed by atoms with van der Waals surface area (Å²) in [7, 11) is 0. The third kappa shape index (κ3) is 4.13. The second-order valence-electron chi connectivity index (χ2n) is 8.75. The van der Waals surface area contributed by atoms with E-state index in [1.54, 1.807) is 6.20 Å². The number of carbonyl (C=O) groups is 1. The molecule has 2 fully saturated rings. The maximum atomic E-state index is 13.1. The molecule has 1 aromatic carbocycles. The molecule has 162 valence electrons. The molecule has 2 aromatic rings. The van der Waals surface area contributed by atoms with Crippen molar-refractivity contribution in [3.8, 4) is 0 Å². The molecular formula is C24H27ClN4O2. The molecule has 1 aliphatic carbocycles. The Hall–Kier alpha value is -2.60. The number of anilines is 1. The summed E-state index contributed by atoms with van der Waals surface area (Å²) in [6, 6.07) is 13.9. The fraction of sp³-hybridized carbons (Fsp3) is 0.458. The molecule has 1 amide bonds. The Kier molecular flexibility index (Phi) is 5.57. The van der Waals surface area contributed by atoms with Crippen molar-refractivity contribution in [2.24, 2.45) is 11.1 Å². The van der Waals surface area contributed by atoms with Gasteiger partial charge in [-0.25, -0.2) is 4.98 Å². The van der Waals surface area contributed by atoms with Gasteiger partial charge in [-0.2, -0.15) is 0 Å². The quantitative estimate of drug-likeness (QED) is 0.722. The smallest absolute Gasteiger partial charge is 0.225 e. The van der Waals surface area contributed by atoms with Crippen LogP contribution < -0.4 is 4.90 Å². The standard InChI is InChI=1S/C24H27ClN4O2/c25-20-7-4-12-26-22(20)28-13-15-29(16-14-28)23(30)19-8-10-24(11-9-19)17-21(27-31-24)18-5-2-1-3-6-18/h1-7,12,19H,8-11,13-17H2/t19-,24+. The third-order valence-corrected chi connectivity index (χ3v) is 7.12. The van der Waals surface area contributed by atoms with E-state index in [-0.39, 0.29) is 17.4 Å². The zero-order valence-corrected chi connectivity index (χ0v) is 18.3. The minimum Gasteiger partial charge on any atom is -0.389 e. The Balaban J connectivity index is 1.13. The Morgan fingerprint density at radius 2 is 1.77 bits per heavy atom. The highest BCUT2D eigenvalue weighted by molar-refractivity contribution is 6.32. The number of halogens is 1. The molecule has 1 saturated carbocycles. The molecule has 3 aliphatic rings. The van der Waals surface area contributed by atoms with Gasteiger partial charge in [0.2, 0.25) is 5.91 Å². The maximum absolute atomic E-state index is 13.1. The van der Waals surface area contributed by atoms with Crippen LogP contribution in [-0.4, -0.2) is 53.3 Å². The molecule has 0 unspecified atom stereocenters. The van der Waals surface area contributed by atoms with Crippen molar-refractivity contribution in [2.45, 2.75) is 37.7 Å².